The highest BCUT2D eigenvalue weighted by atomic mass is 16.1. The maximum atomic E-state index is 11.4. The molecular weight excluding hydrogens is 210 g/mol. The Balaban J connectivity index is 2.64. The van der Waals surface area contributed by atoms with Crippen molar-refractivity contribution < 1.29 is 4.79 Å². The van der Waals surface area contributed by atoms with Crippen LogP contribution in [0.3, 0.4) is 0 Å². The number of hydrogen-bond acceptors (Lipinski definition) is 2. The third-order valence-electron chi connectivity index (χ3n) is 3.20. The van der Waals surface area contributed by atoms with Crippen molar-refractivity contribution in [2.75, 3.05) is 7.05 Å². The molecule has 0 aromatic heterocycles. The van der Waals surface area contributed by atoms with E-state index < -0.39 is 0 Å². The van der Waals surface area contributed by atoms with Crippen LogP contribution in [0, 0.1) is 5.92 Å². The summed E-state index contributed by atoms with van der Waals surface area (Å²) in [4.78, 5) is 11.4. The summed E-state index contributed by atoms with van der Waals surface area (Å²) in [5, 5.41) is 3.20. The standard InChI is InChI=1S/C15H23NO/c1-13(2)11-15(12-17,16-3)10-9-14-7-5-4-6-8-14/h4-8,12-13,16H,9-11H2,1-3H3. The van der Waals surface area contributed by atoms with E-state index in [0.717, 1.165) is 25.5 Å². The Bertz CT molecular complexity index is 334. The van der Waals surface area contributed by atoms with E-state index in [0.29, 0.717) is 5.92 Å². The summed E-state index contributed by atoms with van der Waals surface area (Å²) in [5.41, 5.74) is 0.919. The van der Waals surface area contributed by atoms with Gasteiger partial charge in [0.05, 0.1) is 5.54 Å². The van der Waals surface area contributed by atoms with Gasteiger partial charge in [0.25, 0.3) is 0 Å². The highest BCUT2D eigenvalue weighted by Gasteiger charge is 2.28. The zero-order chi connectivity index (χ0) is 12.7. The molecule has 1 atom stereocenters. The van der Waals surface area contributed by atoms with Gasteiger partial charge in [-0.05, 0) is 37.8 Å². The van der Waals surface area contributed by atoms with Crippen molar-refractivity contribution in [2.45, 2.75) is 38.6 Å². The first kappa shape index (κ1) is 13.9. The Morgan fingerprint density at radius 1 is 1.29 bits per heavy atom. The topological polar surface area (TPSA) is 29.1 Å². The molecular formula is C15H23NO. The molecule has 1 N–H and O–H groups in total. The molecule has 1 aromatic carbocycles. The van der Waals surface area contributed by atoms with Crippen molar-refractivity contribution in [2.24, 2.45) is 5.92 Å². The summed E-state index contributed by atoms with van der Waals surface area (Å²) in [7, 11) is 1.88. The number of hydrogen-bond donors (Lipinski definition) is 1. The number of carbonyl (C=O) groups is 1. The predicted octanol–water partition coefficient (Wildman–Crippen LogP) is 2.82. The van der Waals surface area contributed by atoms with Crippen molar-refractivity contribution in [3.63, 3.8) is 0 Å². The summed E-state index contributed by atoms with van der Waals surface area (Å²) in [6.07, 6.45) is 3.76. The Morgan fingerprint density at radius 2 is 1.94 bits per heavy atom. The number of benzene rings is 1. The predicted molar refractivity (Wildman–Crippen MR) is 72.1 cm³/mol. The number of nitrogens with one attached hydrogen (secondary N) is 1. The lowest BCUT2D eigenvalue weighted by Crippen LogP contribution is -2.46. The van der Waals surface area contributed by atoms with Gasteiger partial charge in [0.1, 0.15) is 6.29 Å². The van der Waals surface area contributed by atoms with E-state index >= 15 is 0 Å². The summed E-state index contributed by atoms with van der Waals surface area (Å²) in [6.45, 7) is 4.30. The molecule has 0 fully saturated rings. The third-order valence-corrected chi connectivity index (χ3v) is 3.20. The SMILES string of the molecule is CNC(C=O)(CCc1ccccc1)CC(C)C. The van der Waals surface area contributed by atoms with E-state index in [-0.39, 0.29) is 5.54 Å². The van der Waals surface area contributed by atoms with Crippen LogP contribution in [0.15, 0.2) is 30.3 Å². The molecule has 1 unspecified atom stereocenters. The van der Waals surface area contributed by atoms with E-state index in [1.807, 2.05) is 25.2 Å². The van der Waals surface area contributed by atoms with Crippen molar-refractivity contribution in [1.82, 2.24) is 5.32 Å². The fraction of sp³-hybridized carbons (Fsp3) is 0.533. The zero-order valence-electron chi connectivity index (χ0n) is 11.1. The van der Waals surface area contributed by atoms with Crippen molar-refractivity contribution >= 4 is 6.29 Å². The van der Waals surface area contributed by atoms with Crippen LogP contribution in [0.2, 0.25) is 0 Å². The molecule has 0 aliphatic heterocycles. The maximum Gasteiger partial charge on any atom is 0.140 e. The Kier molecular flexibility index (Phi) is 5.36. The molecule has 2 heteroatoms. The second-order valence-electron chi connectivity index (χ2n) is 5.11. The van der Waals surface area contributed by atoms with Crippen LogP contribution >= 0.6 is 0 Å². The molecule has 1 rings (SSSR count). The average molecular weight is 233 g/mol. The Labute approximate surface area is 104 Å². The molecule has 0 spiro atoms. The van der Waals surface area contributed by atoms with Crippen LogP contribution in [0.5, 0.6) is 0 Å². The van der Waals surface area contributed by atoms with Gasteiger partial charge >= 0.3 is 0 Å². The first-order valence-electron chi connectivity index (χ1n) is 6.31. The van der Waals surface area contributed by atoms with Crippen LogP contribution in [0.25, 0.3) is 0 Å². The Hall–Kier alpha value is -1.15. The molecule has 1 aromatic rings. The molecule has 0 bridgehead atoms. The molecule has 0 saturated heterocycles. The third kappa shape index (κ3) is 4.31. The molecule has 0 amide bonds. The smallest absolute Gasteiger partial charge is 0.140 e. The number of carbonyl (C=O) groups excluding carboxylic acids is 1. The minimum atomic E-state index is -0.371. The highest BCUT2D eigenvalue weighted by molar-refractivity contribution is 5.64. The van der Waals surface area contributed by atoms with E-state index in [9.17, 15) is 4.79 Å². The highest BCUT2D eigenvalue weighted by Crippen LogP contribution is 2.20. The van der Waals surface area contributed by atoms with Gasteiger partial charge in [-0.1, -0.05) is 44.2 Å². The average Bonchev–Trinajstić information content (AvgIpc) is 2.35. The molecule has 2 nitrogen and oxygen atoms in total. The largest absolute Gasteiger partial charge is 0.308 e. The summed E-state index contributed by atoms with van der Waals surface area (Å²) >= 11 is 0. The van der Waals surface area contributed by atoms with E-state index in [1.165, 1.54) is 5.56 Å². The Morgan fingerprint density at radius 3 is 2.41 bits per heavy atom. The van der Waals surface area contributed by atoms with E-state index in [1.54, 1.807) is 0 Å². The van der Waals surface area contributed by atoms with Gasteiger partial charge in [-0.25, -0.2) is 0 Å². The van der Waals surface area contributed by atoms with Gasteiger partial charge in [0, 0.05) is 0 Å². The van der Waals surface area contributed by atoms with Crippen LogP contribution in [0.1, 0.15) is 32.3 Å². The van der Waals surface area contributed by atoms with E-state index in [4.69, 9.17) is 0 Å². The van der Waals surface area contributed by atoms with E-state index in [2.05, 4.69) is 31.3 Å². The van der Waals surface area contributed by atoms with Crippen LogP contribution in [0.4, 0.5) is 0 Å². The van der Waals surface area contributed by atoms with Gasteiger partial charge < -0.3 is 10.1 Å². The number of rotatable bonds is 7. The summed E-state index contributed by atoms with van der Waals surface area (Å²) in [5.74, 6) is 0.517. The molecule has 0 saturated carbocycles. The molecule has 0 radical (unpaired) electrons. The van der Waals surface area contributed by atoms with Gasteiger partial charge in [-0.15, -0.1) is 0 Å². The van der Waals surface area contributed by atoms with Crippen LogP contribution < -0.4 is 5.32 Å². The second-order valence-corrected chi connectivity index (χ2v) is 5.11. The second kappa shape index (κ2) is 6.55. The molecule has 17 heavy (non-hydrogen) atoms. The number of aryl methyl sites for hydroxylation is 1. The molecule has 94 valence electrons. The summed E-state index contributed by atoms with van der Waals surface area (Å²) in [6, 6.07) is 10.3. The lowest BCUT2D eigenvalue weighted by Gasteiger charge is -2.29. The van der Waals surface area contributed by atoms with Crippen LogP contribution in [-0.4, -0.2) is 18.9 Å². The van der Waals surface area contributed by atoms with Crippen LogP contribution in [-0.2, 0) is 11.2 Å². The normalized spacial score (nSPS) is 14.6. The number of aldehydes is 1. The fourth-order valence-electron chi connectivity index (χ4n) is 2.24. The molecule has 0 heterocycles. The zero-order valence-corrected chi connectivity index (χ0v) is 11.1. The van der Waals surface area contributed by atoms with Gasteiger partial charge in [-0.2, -0.15) is 0 Å². The van der Waals surface area contributed by atoms with Crippen molar-refractivity contribution in [3.05, 3.63) is 35.9 Å². The first-order valence-corrected chi connectivity index (χ1v) is 6.31. The molecule has 0 aliphatic rings. The quantitative estimate of drug-likeness (QED) is 0.734. The van der Waals surface area contributed by atoms with Gasteiger partial charge in [0.15, 0.2) is 0 Å². The fourth-order valence-corrected chi connectivity index (χ4v) is 2.24. The lowest BCUT2D eigenvalue weighted by molar-refractivity contribution is -0.114. The first-order chi connectivity index (χ1) is 8.12. The minimum absolute atomic E-state index is 0.371. The van der Waals surface area contributed by atoms with Crippen molar-refractivity contribution in [1.29, 1.82) is 0 Å². The maximum absolute atomic E-state index is 11.4. The van der Waals surface area contributed by atoms with Gasteiger partial charge in [-0.3, -0.25) is 0 Å². The molecule has 0 aliphatic carbocycles. The minimum Gasteiger partial charge on any atom is -0.308 e. The van der Waals surface area contributed by atoms with Crippen molar-refractivity contribution in [3.8, 4) is 0 Å². The van der Waals surface area contributed by atoms with Gasteiger partial charge in [0.2, 0.25) is 0 Å². The summed E-state index contributed by atoms with van der Waals surface area (Å²) < 4.78 is 0. The monoisotopic (exact) mass is 233 g/mol. The lowest BCUT2D eigenvalue weighted by atomic mass is 9.85. The number of likely N-dealkylation sites (N-methyl/N-ethyl adjacent to an activating group) is 1.